The van der Waals surface area contributed by atoms with Crippen molar-refractivity contribution in [3.05, 3.63) is 43.0 Å². The van der Waals surface area contributed by atoms with Gasteiger partial charge in [0.05, 0.1) is 0 Å². The summed E-state index contributed by atoms with van der Waals surface area (Å²) in [5.41, 5.74) is 0. The summed E-state index contributed by atoms with van der Waals surface area (Å²) in [7, 11) is 0. The quantitative estimate of drug-likeness (QED) is 0.731. The van der Waals surface area contributed by atoms with Gasteiger partial charge in [0.25, 0.3) is 0 Å². The maximum atomic E-state index is 2.37. The van der Waals surface area contributed by atoms with Gasteiger partial charge in [-0.2, -0.15) is 0 Å². The Balaban J connectivity index is 0.000000980. The molecule has 0 aliphatic heterocycles. The Labute approximate surface area is 101 Å². The van der Waals surface area contributed by atoms with Crippen molar-refractivity contribution in [3.63, 3.8) is 0 Å². The molecule has 0 saturated carbocycles. The van der Waals surface area contributed by atoms with Crippen molar-refractivity contribution in [2.45, 2.75) is 23.9 Å². The van der Waals surface area contributed by atoms with E-state index in [0.29, 0.717) is 0 Å². The summed E-state index contributed by atoms with van der Waals surface area (Å²) in [4.78, 5) is 0. The third-order valence-electron chi connectivity index (χ3n) is 2.67. The molecular formula is C12H16ClZr. The van der Waals surface area contributed by atoms with Crippen molar-refractivity contribution in [1.29, 1.82) is 0 Å². The largest absolute Gasteiger partial charge is 0.147 e. The normalized spacial score (nSPS) is 17.8. The number of rotatable bonds is 3. The molecule has 0 aromatic carbocycles. The molecule has 2 aliphatic carbocycles. The first-order valence-corrected chi connectivity index (χ1v) is 9.19. The Hall–Kier alpha value is 0.133. The van der Waals surface area contributed by atoms with Crippen LogP contribution in [0, 0.1) is 0 Å². The second-order valence-electron chi connectivity index (χ2n) is 3.48. The standard InChI is InChI=1S/2C5H5.C2H5.ClH.Zr/c2*1-2-4-5-3-1;1-2;;/h2*1-3H,4H2;1H2,2H3;1H;. The number of allylic oxidation sites excluding steroid dienone is 8. The van der Waals surface area contributed by atoms with E-state index < -0.39 is 21.8 Å². The first-order chi connectivity index (χ1) is 6.42. The average Bonchev–Trinajstić information content (AvgIpc) is 2.76. The smallest absolute Gasteiger partial charge is 0.147 e. The van der Waals surface area contributed by atoms with Crippen LogP contribution >= 0.6 is 12.4 Å². The molecule has 0 bridgehead atoms. The van der Waals surface area contributed by atoms with Crippen molar-refractivity contribution in [2.75, 3.05) is 0 Å². The van der Waals surface area contributed by atoms with Crippen molar-refractivity contribution < 1.29 is 21.8 Å². The van der Waals surface area contributed by atoms with E-state index in [2.05, 4.69) is 43.4 Å². The molecule has 2 rings (SSSR count). The number of hydrogen-bond donors (Lipinski definition) is 0. The zero-order chi connectivity index (χ0) is 9.10. The topological polar surface area (TPSA) is 0 Å². The Morgan fingerprint density at radius 2 is 1.57 bits per heavy atom. The van der Waals surface area contributed by atoms with E-state index in [0.717, 1.165) is 0 Å². The molecule has 0 spiro atoms. The summed E-state index contributed by atoms with van der Waals surface area (Å²) in [6, 6.07) is 0. The minimum absolute atomic E-state index is 0. The van der Waals surface area contributed by atoms with Crippen LogP contribution in [0.1, 0.15) is 19.8 Å². The van der Waals surface area contributed by atoms with E-state index in [1.54, 1.807) is 6.56 Å². The van der Waals surface area contributed by atoms with Gasteiger partial charge in [-0.3, -0.25) is 0 Å². The molecule has 0 aromatic rings. The molecule has 2 aliphatic rings. The molecular weight excluding hydrogens is 271 g/mol. The summed E-state index contributed by atoms with van der Waals surface area (Å²) in [6.07, 6.45) is 16.3. The maximum absolute atomic E-state index is 2.37. The Morgan fingerprint density at radius 3 is 1.86 bits per heavy atom. The summed E-state index contributed by atoms with van der Waals surface area (Å²) in [5.74, 6) is 0. The predicted octanol–water partition coefficient (Wildman–Crippen LogP) is 4.15. The summed E-state index contributed by atoms with van der Waals surface area (Å²) >= 11 is -1.31. The van der Waals surface area contributed by atoms with Crippen LogP contribution in [-0.2, 0) is 21.8 Å². The second-order valence-corrected chi connectivity index (χ2v) is 10.7. The Kier molecular flexibility index (Phi) is 5.13. The van der Waals surface area contributed by atoms with Crippen molar-refractivity contribution >= 4 is 12.4 Å². The third kappa shape index (κ3) is 2.58. The van der Waals surface area contributed by atoms with Crippen LogP contribution in [0.3, 0.4) is 0 Å². The molecule has 0 N–H and O–H groups in total. The molecule has 0 radical (unpaired) electrons. The van der Waals surface area contributed by atoms with Gasteiger partial charge in [0.15, 0.2) is 0 Å². The van der Waals surface area contributed by atoms with Gasteiger partial charge in [0.1, 0.15) is 0 Å². The predicted molar refractivity (Wildman–Crippen MR) is 61.4 cm³/mol. The summed E-state index contributed by atoms with van der Waals surface area (Å²) in [5, 5.41) is 0. The van der Waals surface area contributed by atoms with Crippen molar-refractivity contribution in [1.82, 2.24) is 0 Å². The third-order valence-corrected chi connectivity index (χ3v) is 10.0. The van der Waals surface area contributed by atoms with E-state index in [1.165, 1.54) is 17.0 Å². The Morgan fingerprint density at radius 1 is 1.07 bits per heavy atom. The van der Waals surface area contributed by atoms with E-state index >= 15 is 0 Å². The molecule has 0 nitrogen and oxygen atoms in total. The molecule has 2 heteroatoms. The summed E-state index contributed by atoms with van der Waals surface area (Å²) in [6.45, 7) is 2.37. The molecule has 0 saturated heterocycles. The van der Waals surface area contributed by atoms with Crippen LogP contribution in [0.5, 0.6) is 0 Å². The first-order valence-electron chi connectivity index (χ1n) is 4.99. The van der Waals surface area contributed by atoms with Crippen LogP contribution < -0.4 is 0 Å². The first kappa shape index (κ1) is 12.2. The zero-order valence-electron chi connectivity index (χ0n) is 8.49. The van der Waals surface area contributed by atoms with Crippen molar-refractivity contribution in [2.24, 2.45) is 0 Å². The van der Waals surface area contributed by atoms with E-state index in [1.807, 2.05) is 0 Å². The van der Waals surface area contributed by atoms with Crippen LogP contribution in [0.15, 0.2) is 43.0 Å². The van der Waals surface area contributed by atoms with Crippen molar-refractivity contribution in [3.8, 4) is 0 Å². The molecule has 0 fully saturated rings. The van der Waals surface area contributed by atoms with Crippen LogP contribution in [-0.4, -0.2) is 0 Å². The van der Waals surface area contributed by atoms with E-state index in [-0.39, 0.29) is 12.4 Å². The zero-order valence-corrected chi connectivity index (χ0v) is 11.8. The van der Waals surface area contributed by atoms with Gasteiger partial charge in [0.2, 0.25) is 0 Å². The number of hydrogen-bond acceptors (Lipinski definition) is 0. The number of halogens is 1. The SMILES string of the molecule is C[CH2][Zr]([C]1=CC=CC1)[C]1=CC=CC1.Cl. The molecule has 0 amide bonds. The van der Waals surface area contributed by atoms with Gasteiger partial charge in [-0.1, -0.05) is 0 Å². The molecule has 0 heterocycles. The van der Waals surface area contributed by atoms with E-state index in [9.17, 15) is 0 Å². The van der Waals surface area contributed by atoms with Crippen LogP contribution in [0.2, 0.25) is 4.13 Å². The fourth-order valence-corrected chi connectivity index (χ4v) is 8.50. The van der Waals surface area contributed by atoms with Gasteiger partial charge < -0.3 is 0 Å². The second kappa shape index (κ2) is 5.88. The van der Waals surface area contributed by atoms with Gasteiger partial charge in [-0.15, -0.1) is 12.4 Å². The molecule has 0 unspecified atom stereocenters. The van der Waals surface area contributed by atoms with Gasteiger partial charge in [-0.25, -0.2) is 0 Å². The molecule has 75 valence electrons. The molecule has 0 aromatic heterocycles. The van der Waals surface area contributed by atoms with E-state index in [4.69, 9.17) is 0 Å². The van der Waals surface area contributed by atoms with Gasteiger partial charge in [0, 0.05) is 0 Å². The maximum Gasteiger partial charge on any atom is -0.147 e. The van der Waals surface area contributed by atoms with Gasteiger partial charge >= 0.3 is 88.7 Å². The monoisotopic (exact) mass is 285 g/mol. The molecule has 0 atom stereocenters. The fraction of sp³-hybridized carbons (Fsp3) is 0.333. The average molecular weight is 287 g/mol. The summed E-state index contributed by atoms with van der Waals surface area (Å²) < 4.78 is 5.02. The Bertz CT molecular complexity index is 280. The minimum atomic E-state index is -1.31. The van der Waals surface area contributed by atoms with Gasteiger partial charge in [-0.05, 0) is 0 Å². The minimum Gasteiger partial charge on any atom is -0.147 e. The molecule has 14 heavy (non-hydrogen) atoms. The van der Waals surface area contributed by atoms with Crippen LogP contribution in [0.4, 0.5) is 0 Å². The van der Waals surface area contributed by atoms with Crippen LogP contribution in [0.25, 0.3) is 0 Å². The fourth-order valence-electron chi connectivity index (χ4n) is 2.00.